The van der Waals surface area contributed by atoms with Crippen molar-refractivity contribution in [3.05, 3.63) is 11.3 Å². The summed E-state index contributed by atoms with van der Waals surface area (Å²) in [7, 11) is 0. The Hall–Kier alpha value is -1.07. The Morgan fingerprint density at radius 3 is 2.94 bits per heavy atom. The Bertz CT molecular complexity index is 396. The first kappa shape index (κ1) is 11.4. The number of hydrogen-bond acceptors (Lipinski definition) is 5. The van der Waals surface area contributed by atoms with Crippen molar-refractivity contribution in [2.75, 3.05) is 30.3 Å². The van der Waals surface area contributed by atoms with Gasteiger partial charge in [0.2, 0.25) is 0 Å². The zero-order valence-electron chi connectivity index (χ0n) is 9.40. The predicted molar refractivity (Wildman–Crippen MR) is 63.7 cm³/mol. The summed E-state index contributed by atoms with van der Waals surface area (Å²) in [4.78, 5) is 10.1. The van der Waals surface area contributed by atoms with Gasteiger partial charge >= 0.3 is 0 Å². The maximum atomic E-state index is 6.09. The monoisotopic (exact) mass is 242 g/mol. The lowest BCUT2D eigenvalue weighted by atomic mass is 10.1. The van der Waals surface area contributed by atoms with E-state index in [1.54, 1.807) is 0 Å². The average Bonchev–Trinajstić information content (AvgIpc) is 2.20. The molecule has 0 bridgehead atoms. The number of nitrogens with two attached hydrogens (primary N) is 1. The van der Waals surface area contributed by atoms with Crippen molar-refractivity contribution in [1.29, 1.82) is 0 Å². The molecule has 1 saturated heterocycles. The lowest BCUT2D eigenvalue weighted by molar-refractivity contribution is -0.0279. The lowest BCUT2D eigenvalue weighted by Crippen LogP contribution is -2.48. The maximum Gasteiger partial charge on any atom is 0.153 e. The highest BCUT2D eigenvalue weighted by molar-refractivity contribution is 6.35. The molecule has 0 saturated carbocycles. The quantitative estimate of drug-likeness (QED) is 0.805. The SMILES string of the molecule is CC1(C)CN(c2ncnc(N)c2Cl)CCO1. The van der Waals surface area contributed by atoms with Gasteiger partial charge in [-0.2, -0.15) is 0 Å². The molecule has 0 radical (unpaired) electrons. The van der Waals surface area contributed by atoms with E-state index in [1.807, 2.05) is 13.8 Å². The third-order valence-electron chi connectivity index (χ3n) is 2.52. The fraction of sp³-hybridized carbons (Fsp3) is 0.600. The zero-order valence-corrected chi connectivity index (χ0v) is 10.2. The van der Waals surface area contributed by atoms with E-state index in [4.69, 9.17) is 22.1 Å². The van der Waals surface area contributed by atoms with Crippen molar-refractivity contribution in [2.24, 2.45) is 0 Å². The minimum absolute atomic E-state index is 0.193. The summed E-state index contributed by atoms with van der Waals surface area (Å²) in [6.07, 6.45) is 1.43. The van der Waals surface area contributed by atoms with E-state index in [0.717, 1.165) is 13.1 Å². The molecule has 88 valence electrons. The van der Waals surface area contributed by atoms with Gasteiger partial charge in [-0.15, -0.1) is 0 Å². The molecule has 6 heteroatoms. The number of aromatic nitrogens is 2. The van der Waals surface area contributed by atoms with Gasteiger partial charge in [0.25, 0.3) is 0 Å². The Morgan fingerprint density at radius 2 is 2.25 bits per heavy atom. The van der Waals surface area contributed by atoms with Gasteiger partial charge in [0, 0.05) is 13.1 Å². The van der Waals surface area contributed by atoms with Gasteiger partial charge in [-0.1, -0.05) is 11.6 Å². The summed E-state index contributed by atoms with van der Waals surface area (Å²) in [5, 5.41) is 0.417. The molecule has 1 aliphatic rings. The largest absolute Gasteiger partial charge is 0.382 e. The van der Waals surface area contributed by atoms with E-state index in [-0.39, 0.29) is 5.60 Å². The second-order valence-electron chi connectivity index (χ2n) is 4.43. The van der Waals surface area contributed by atoms with Gasteiger partial charge in [0.1, 0.15) is 17.2 Å². The summed E-state index contributed by atoms with van der Waals surface area (Å²) >= 11 is 6.09. The molecule has 0 amide bonds. The molecule has 1 aromatic heterocycles. The minimum atomic E-state index is -0.193. The molecule has 1 fully saturated rings. The minimum Gasteiger partial charge on any atom is -0.382 e. The molecular weight excluding hydrogens is 228 g/mol. The van der Waals surface area contributed by atoms with Crippen molar-refractivity contribution in [2.45, 2.75) is 19.4 Å². The standard InChI is InChI=1S/C10H15ClN4O/c1-10(2)5-15(3-4-16-10)9-7(11)8(12)13-6-14-9/h6H,3-5H2,1-2H3,(H2,12,13,14). The van der Waals surface area contributed by atoms with Gasteiger partial charge in [-0.25, -0.2) is 9.97 Å². The fourth-order valence-corrected chi connectivity index (χ4v) is 2.01. The summed E-state index contributed by atoms with van der Waals surface area (Å²) < 4.78 is 5.63. The number of hydrogen-bond donors (Lipinski definition) is 1. The van der Waals surface area contributed by atoms with Crippen molar-refractivity contribution in [3.63, 3.8) is 0 Å². The van der Waals surface area contributed by atoms with Gasteiger partial charge < -0.3 is 15.4 Å². The van der Waals surface area contributed by atoms with Crippen molar-refractivity contribution < 1.29 is 4.74 Å². The zero-order chi connectivity index (χ0) is 11.8. The van der Waals surface area contributed by atoms with Crippen LogP contribution >= 0.6 is 11.6 Å². The summed E-state index contributed by atoms with van der Waals surface area (Å²) in [6.45, 7) is 6.24. The second kappa shape index (κ2) is 4.07. The van der Waals surface area contributed by atoms with Gasteiger partial charge in [0.05, 0.1) is 12.2 Å². The highest BCUT2D eigenvalue weighted by Crippen LogP contribution is 2.29. The Balaban J connectivity index is 2.27. The summed E-state index contributed by atoms with van der Waals surface area (Å²) in [6, 6.07) is 0. The molecular formula is C10H15ClN4O. The van der Waals surface area contributed by atoms with E-state index in [0.29, 0.717) is 23.3 Å². The molecule has 5 nitrogen and oxygen atoms in total. The van der Waals surface area contributed by atoms with E-state index >= 15 is 0 Å². The normalized spacial score (nSPS) is 19.8. The highest BCUT2D eigenvalue weighted by atomic mass is 35.5. The van der Waals surface area contributed by atoms with Crippen LogP contribution in [0.15, 0.2) is 6.33 Å². The van der Waals surface area contributed by atoms with Gasteiger partial charge in [-0.3, -0.25) is 0 Å². The Morgan fingerprint density at radius 1 is 1.50 bits per heavy atom. The number of nitrogens with zero attached hydrogens (tertiary/aromatic N) is 3. The predicted octanol–water partition coefficient (Wildman–Crippen LogP) is 1.33. The summed E-state index contributed by atoms with van der Waals surface area (Å²) in [5.41, 5.74) is 5.46. The number of ether oxygens (including phenoxy) is 1. The van der Waals surface area contributed by atoms with E-state index in [2.05, 4.69) is 14.9 Å². The lowest BCUT2D eigenvalue weighted by Gasteiger charge is -2.39. The van der Waals surface area contributed by atoms with Gasteiger partial charge in [0.15, 0.2) is 5.82 Å². The van der Waals surface area contributed by atoms with Crippen LogP contribution in [0.5, 0.6) is 0 Å². The first-order valence-electron chi connectivity index (χ1n) is 5.14. The number of rotatable bonds is 1. The first-order valence-corrected chi connectivity index (χ1v) is 5.52. The van der Waals surface area contributed by atoms with E-state index in [9.17, 15) is 0 Å². The Kier molecular flexibility index (Phi) is 2.90. The molecule has 2 rings (SSSR count). The number of anilines is 2. The number of nitrogen functional groups attached to an aromatic ring is 1. The van der Waals surface area contributed by atoms with Crippen LogP contribution in [-0.4, -0.2) is 35.3 Å². The van der Waals surface area contributed by atoms with Crippen molar-refractivity contribution in [1.82, 2.24) is 9.97 Å². The summed E-state index contributed by atoms with van der Waals surface area (Å²) in [5.74, 6) is 1.00. The Labute approximate surface area is 99.6 Å². The van der Waals surface area contributed by atoms with Crippen molar-refractivity contribution >= 4 is 23.2 Å². The molecule has 0 aromatic carbocycles. The molecule has 0 aliphatic carbocycles. The van der Waals surface area contributed by atoms with Crippen LogP contribution in [0.3, 0.4) is 0 Å². The van der Waals surface area contributed by atoms with Crippen LogP contribution in [-0.2, 0) is 4.74 Å². The van der Waals surface area contributed by atoms with Crippen LogP contribution in [0, 0.1) is 0 Å². The van der Waals surface area contributed by atoms with Gasteiger partial charge in [-0.05, 0) is 13.8 Å². The molecule has 1 aliphatic heterocycles. The van der Waals surface area contributed by atoms with Crippen LogP contribution < -0.4 is 10.6 Å². The van der Waals surface area contributed by atoms with Crippen LogP contribution in [0.25, 0.3) is 0 Å². The third kappa shape index (κ3) is 2.20. The molecule has 1 aromatic rings. The average molecular weight is 243 g/mol. The molecule has 0 atom stereocenters. The van der Waals surface area contributed by atoms with Crippen molar-refractivity contribution in [3.8, 4) is 0 Å². The maximum absolute atomic E-state index is 6.09. The molecule has 16 heavy (non-hydrogen) atoms. The number of halogens is 1. The fourth-order valence-electron chi connectivity index (χ4n) is 1.79. The molecule has 0 unspecified atom stereocenters. The van der Waals surface area contributed by atoms with Crippen LogP contribution in [0.2, 0.25) is 5.02 Å². The van der Waals surface area contributed by atoms with Crippen LogP contribution in [0.4, 0.5) is 11.6 Å². The van der Waals surface area contributed by atoms with E-state index < -0.39 is 0 Å². The second-order valence-corrected chi connectivity index (χ2v) is 4.80. The first-order chi connectivity index (χ1) is 7.49. The third-order valence-corrected chi connectivity index (χ3v) is 2.89. The number of morpholine rings is 1. The van der Waals surface area contributed by atoms with E-state index in [1.165, 1.54) is 6.33 Å². The molecule has 0 spiro atoms. The molecule has 2 N–H and O–H groups in total. The van der Waals surface area contributed by atoms with Crippen LogP contribution in [0.1, 0.15) is 13.8 Å². The highest BCUT2D eigenvalue weighted by Gasteiger charge is 2.29. The topological polar surface area (TPSA) is 64.3 Å². The molecule has 2 heterocycles. The smallest absolute Gasteiger partial charge is 0.153 e.